The maximum Gasteiger partial charge on any atom is 0.287 e. The zero-order chi connectivity index (χ0) is 21.2. The lowest BCUT2D eigenvalue weighted by molar-refractivity contribution is 0.0910. The van der Waals surface area contributed by atoms with Crippen LogP contribution in [0.5, 0.6) is 0 Å². The summed E-state index contributed by atoms with van der Waals surface area (Å²) >= 11 is 0. The Kier molecular flexibility index (Phi) is 5.62. The Balaban J connectivity index is 1.50. The molecule has 2 heterocycles. The Morgan fingerprint density at radius 1 is 0.968 bits per heavy atom. The molecule has 6 heteroatoms. The van der Waals surface area contributed by atoms with E-state index in [4.69, 9.17) is 4.42 Å². The van der Waals surface area contributed by atoms with Gasteiger partial charge >= 0.3 is 0 Å². The van der Waals surface area contributed by atoms with Gasteiger partial charge in [-0.25, -0.2) is 9.37 Å². The van der Waals surface area contributed by atoms with E-state index in [1.54, 1.807) is 18.2 Å². The second-order valence-corrected chi connectivity index (χ2v) is 8.77. The molecule has 0 unspecified atom stereocenters. The fourth-order valence-electron chi connectivity index (χ4n) is 4.97. The molecule has 5 rings (SSSR count). The molecule has 0 atom stereocenters. The second-order valence-electron chi connectivity index (χ2n) is 8.77. The summed E-state index contributed by atoms with van der Waals surface area (Å²) in [5.74, 6) is 0.508. The zero-order valence-electron chi connectivity index (χ0n) is 17.6. The topological polar surface area (TPSA) is 60.1 Å². The van der Waals surface area contributed by atoms with Crippen LogP contribution < -0.4 is 5.32 Å². The summed E-state index contributed by atoms with van der Waals surface area (Å²) in [6.07, 6.45) is 12.1. The summed E-state index contributed by atoms with van der Waals surface area (Å²) in [6.45, 7) is 0. The summed E-state index contributed by atoms with van der Waals surface area (Å²) in [5, 5.41) is 3.09. The molecule has 3 aromatic rings. The fraction of sp³-hybridized carbons (Fsp3) is 0.440. The molecule has 0 aliphatic heterocycles. The number of halogens is 1. The molecular weight excluding hydrogens is 393 g/mol. The molecule has 5 nitrogen and oxygen atoms in total. The van der Waals surface area contributed by atoms with Gasteiger partial charge in [-0.1, -0.05) is 32.1 Å². The first-order valence-corrected chi connectivity index (χ1v) is 11.4. The summed E-state index contributed by atoms with van der Waals surface area (Å²) in [6, 6.07) is 10.6. The van der Waals surface area contributed by atoms with E-state index in [1.165, 1.54) is 31.4 Å². The normalized spacial score (nSPS) is 17.8. The Labute approximate surface area is 181 Å². The van der Waals surface area contributed by atoms with E-state index in [2.05, 4.69) is 14.9 Å². The summed E-state index contributed by atoms with van der Waals surface area (Å²) in [5.41, 5.74) is 2.44. The van der Waals surface area contributed by atoms with E-state index in [1.807, 2.05) is 12.4 Å². The third kappa shape index (κ3) is 4.16. The summed E-state index contributed by atoms with van der Waals surface area (Å²) in [4.78, 5) is 17.4. The lowest BCUT2D eigenvalue weighted by Crippen LogP contribution is -2.32. The van der Waals surface area contributed by atoms with E-state index in [0.717, 1.165) is 55.5 Å². The highest BCUT2D eigenvalue weighted by molar-refractivity contribution is 5.92. The number of carbonyl (C=O) groups excluding carboxylic acids is 1. The van der Waals surface area contributed by atoms with E-state index >= 15 is 0 Å². The van der Waals surface area contributed by atoms with Gasteiger partial charge in [-0.15, -0.1) is 0 Å². The third-order valence-corrected chi connectivity index (χ3v) is 6.63. The third-order valence-electron chi connectivity index (χ3n) is 6.63. The number of benzene rings is 1. The van der Waals surface area contributed by atoms with Crippen molar-refractivity contribution in [1.29, 1.82) is 0 Å². The number of amides is 1. The average molecular weight is 422 g/mol. The molecule has 1 aromatic carbocycles. The Hall–Kier alpha value is -2.89. The van der Waals surface area contributed by atoms with Crippen molar-refractivity contribution in [3.05, 3.63) is 54.3 Å². The molecule has 1 amide bonds. The van der Waals surface area contributed by atoms with Crippen LogP contribution >= 0.6 is 0 Å². The fourth-order valence-corrected chi connectivity index (χ4v) is 4.97. The summed E-state index contributed by atoms with van der Waals surface area (Å²) < 4.78 is 21.8. The van der Waals surface area contributed by atoms with Gasteiger partial charge in [0.1, 0.15) is 11.5 Å². The number of nitrogens with one attached hydrogen (secondary N) is 1. The molecule has 1 N–H and O–H groups in total. The number of nitrogens with zero attached hydrogens (tertiary/aromatic N) is 2. The Morgan fingerprint density at radius 2 is 1.68 bits per heavy atom. The Bertz CT molecular complexity index is 1040. The number of hydrogen-bond acceptors (Lipinski definition) is 3. The largest absolute Gasteiger partial charge is 0.449 e. The summed E-state index contributed by atoms with van der Waals surface area (Å²) in [7, 11) is 0. The van der Waals surface area contributed by atoms with Crippen LogP contribution in [0.3, 0.4) is 0 Å². The zero-order valence-corrected chi connectivity index (χ0v) is 17.6. The van der Waals surface area contributed by atoms with Crippen LogP contribution in [0.15, 0.2) is 47.1 Å². The SMILES string of the molecule is O=C(NC1CCCC1)c1ccc(-c2c(-c3ccc(F)cc3)ncn2C2CCCCC2)o1. The van der Waals surface area contributed by atoms with Gasteiger partial charge in [-0.3, -0.25) is 4.79 Å². The number of carbonyl (C=O) groups is 1. The standard InChI is InChI=1S/C25H28FN3O2/c26-18-12-10-17(11-13-18)23-24(29(16-27-23)20-8-2-1-3-9-20)21-14-15-22(31-21)25(30)28-19-6-4-5-7-19/h10-16,19-20H,1-9H2,(H,28,30). The smallest absolute Gasteiger partial charge is 0.287 e. The Morgan fingerprint density at radius 3 is 2.42 bits per heavy atom. The predicted octanol–water partition coefficient (Wildman–Crippen LogP) is 6.13. The van der Waals surface area contributed by atoms with Crippen LogP contribution in [-0.2, 0) is 0 Å². The molecule has 2 saturated carbocycles. The first kappa shape index (κ1) is 20.0. The van der Waals surface area contributed by atoms with Crippen LogP contribution in [0.2, 0.25) is 0 Å². The van der Waals surface area contributed by atoms with E-state index in [-0.39, 0.29) is 17.8 Å². The van der Waals surface area contributed by atoms with Crippen molar-refractivity contribution in [2.45, 2.75) is 69.9 Å². The predicted molar refractivity (Wildman–Crippen MR) is 117 cm³/mol. The number of aromatic nitrogens is 2. The van der Waals surface area contributed by atoms with Crippen molar-refractivity contribution in [3.8, 4) is 22.7 Å². The van der Waals surface area contributed by atoms with Crippen molar-refractivity contribution in [3.63, 3.8) is 0 Å². The lowest BCUT2D eigenvalue weighted by atomic mass is 9.95. The van der Waals surface area contributed by atoms with E-state index in [9.17, 15) is 9.18 Å². The molecule has 2 aliphatic rings. The molecule has 0 saturated heterocycles. The average Bonchev–Trinajstić information content (AvgIpc) is 3.55. The monoisotopic (exact) mass is 421 g/mol. The molecule has 2 aromatic heterocycles. The quantitative estimate of drug-likeness (QED) is 0.539. The number of furan rings is 1. The van der Waals surface area contributed by atoms with Crippen molar-refractivity contribution < 1.29 is 13.6 Å². The number of rotatable bonds is 5. The van der Waals surface area contributed by atoms with Gasteiger partial charge in [0.2, 0.25) is 0 Å². The molecule has 0 spiro atoms. The maximum atomic E-state index is 13.5. The van der Waals surface area contributed by atoms with Crippen LogP contribution in [0.1, 0.15) is 74.4 Å². The molecule has 0 bridgehead atoms. The molecular formula is C25H28FN3O2. The number of imidazole rings is 1. The van der Waals surface area contributed by atoms with Crippen LogP contribution in [0.4, 0.5) is 4.39 Å². The molecule has 0 radical (unpaired) electrons. The molecule has 2 aliphatic carbocycles. The lowest BCUT2D eigenvalue weighted by Gasteiger charge is -2.24. The van der Waals surface area contributed by atoms with E-state index in [0.29, 0.717) is 17.6 Å². The first-order valence-electron chi connectivity index (χ1n) is 11.4. The van der Waals surface area contributed by atoms with Gasteiger partial charge in [-0.05, 0) is 62.1 Å². The second kappa shape index (κ2) is 8.69. The van der Waals surface area contributed by atoms with Crippen molar-refractivity contribution >= 4 is 5.91 Å². The minimum absolute atomic E-state index is 0.162. The van der Waals surface area contributed by atoms with Gasteiger partial charge in [0, 0.05) is 17.6 Å². The van der Waals surface area contributed by atoms with Crippen molar-refractivity contribution in [1.82, 2.24) is 14.9 Å². The van der Waals surface area contributed by atoms with Crippen LogP contribution in [0.25, 0.3) is 22.7 Å². The molecule has 31 heavy (non-hydrogen) atoms. The van der Waals surface area contributed by atoms with Gasteiger partial charge in [0.05, 0.1) is 12.0 Å². The van der Waals surface area contributed by atoms with Gasteiger partial charge in [0.25, 0.3) is 5.91 Å². The van der Waals surface area contributed by atoms with E-state index < -0.39 is 0 Å². The van der Waals surface area contributed by atoms with Crippen LogP contribution in [0, 0.1) is 5.82 Å². The minimum atomic E-state index is -0.277. The first-order chi connectivity index (χ1) is 15.2. The van der Waals surface area contributed by atoms with Crippen molar-refractivity contribution in [2.75, 3.05) is 0 Å². The molecule has 162 valence electrons. The van der Waals surface area contributed by atoms with Crippen LogP contribution in [-0.4, -0.2) is 21.5 Å². The maximum absolute atomic E-state index is 13.5. The molecule has 2 fully saturated rings. The van der Waals surface area contributed by atoms with Gasteiger partial charge in [-0.2, -0.15) is 0 Å². The highest BCUT2D eigenvalue weighted by atomic mass is 19.1. The highest BCUT2D eigenvalue weighted by Gasteiger charge is 2.26. The highest BCUT2D eigenvalue weighted by Crippen LogP contribution is 2.38. The number of hydrogen-bond donors (Lipinski definition) is 1. The van der Waals surface area contributed by atoms with Crippen molar-refractivity contribution in [2.24, 2.45) is 0 Å². The minimum Gasteiger partial charge on any atom is -0.449 e. The van der Waals surface area contributed by atoms with Gasteiger partial charge < -0.3 is 14.3 Å². The van der Waals surface area contributed by atoms with Gasteiger partial charge in [0.15, 0.2) is 11.5 Å².